The van der Waals surface area contributed by atoms with Gasteiger partial charge in [0.05, 0.1) is 6.20 Å². The molecule has 8 heteroatoms. The minimum absolute atomic E-state index is 0.234. The molecule has 0 saturated carbocycles. The summed E-state index contributed by atoms with van der Waals surface area (Å²) in [5.41, 5.74) is 1.06. The molecule has 1 N–H and O–H groups in total. The van der Waals surface area contributed by atoms with Gasteiger partial charge < -0.3 is 4.90 Å². The van der Waals surface area contributed by atoms with Crippen LogP contribution in [0.3, 0.4) is 0 Å². The van der Waals surface area contributed by atoms with E-state index in [4.69, 9.17) is 0 Å². The van der Waals surface area contributed by atoms with Crippen LogP contribution >= 0.6 is 0 Å². The van der Waals surface area contributed by atoms with Gasteiger partial charge in [0, 0.05) is 31.8 Å². The number of carbonyl (C=O) groups excluding carboxylic acids is 2. The number of rotatable bonds is 4. The first-order valence-corrected chi connectivity index (χ1v) is 9.00. The van der Waals surface area contributed by atoms with Crippen LogP contribution in [0.25, 0.3) is 5.03 Å². The van der Waals surface area contributed by atoms with Crippen molar-refractivity contribution in [2.24, 2.45) is 0 Å². The van der Waals surface area contributed by atoms with Crippen molar-refractivity contribution in [1.82, 2.24) is 19.4 Å². The molecule has 0 radical (unpaired) electrons. The Morgan fingerprint density at radius 3 is 2.78 bits per heavy atom. The fraction of sp³-hybridized carbons (Fsp3) is 0.533. The molecule has 2 aliphatic heterocycles. The summed E-state index contributed by atoms with van der Waals surface area (Å²) in [6.45, 7) is 3.55. The summed E-state index contributed by atoms with van der Waals surface area (Å²) in [4.78, 5) is 25.1. The molecule has 0 aromatic carbocycles. The normalized spacial score (nSPS) is 22.1. The van der Waals surface area contributed by atoms with Crippen molar-refractivity contribution in [2.45, 2.75) is 38.5 Å². The standard InChI is InChI=1S/C15H20N4O3S/c1-2-3-14(21)18-6-4-11(5-7-18)12-9-16-19(10-12)15-8-13(20)17-23(15)22/h8-11H,2-7H2,1H3,(H,17,20). The highest BCUT2D eigenvalue weighted by molar-refractivity contribution is 7.93. The average Bonchev–Trinajstić information content (AvgIpc) is 3.14. The molecule has 3 heterocycles. The van der Waals surface area contributed by atoms with Gasteiger partial charge in [-0.15, -0.1) is 0 Å². The van der Waals surface area contributed by atoms with Gasteiger partial charge in [-0.25, -0.2) is 8.89 Å². The molecule has 1 atom stereocenters. The first-order chi connectivity index (χ1) is 11.1. The van der Waals surface area contributed by atoms with E-state index in [1.54, 1.807) is 6.20 Å². The van der Waals surface area contributed by atoms with Crippen LogP contribution in [0.4, 0.5) is 0 Å². The maximum absolute atomic E-state index is 11.9. The molecule has 7 nitrogen and oxygen atoms in total. The van der Waals surface area contributed by atoms with Gasteiger partial charge in [-0.3, -0.25) is 14.3 Å². The Kier molecular flexibility index (Phi) is 4.61. The summed E-state index contributed by atoms with van der Waals surface area (Å²) in [5.74, 6) is 0.212. The van der Waals surface area contributed by atoms with Crippen LogP contribution in [0, 0.1) is 0 Å². The Morgan fingerprint density at radius 1 is 1.43 bits per heavy atom. The third kappa shape index (κ3) is 3.36. The van der Waals surface area contributed by atoms with Gasteiger partial charge in [0.2, 0.25) is 5.91 Å². The van der Waals surface area contributed by atoms with Crippen molar-refractivity contribution >= 4 is 27.8 Å². The third-order valence-electron chi connectivity index (χ3n) is 4.25. The van der Waals surface area contributed by atoms with E-state index in [1.807, 2.05) is 18.0 Å². The van der Waals surface area contributed by atoms with Crippen LogP contribution in [0.2, 0.25) is 0 Å². The number of carbonyl (C=O) groups is 2. The first-order valence-electron chi connectivity index (χ1n) is 7.85. The van der Waals surface area contributed by atoms with Crippen molar-refractivity contribution < 1.29 is 13.8 Å². The van der Waals surface area contributed by atoms with Crippen LogP contribution in [0.5, 0.6) is 0 Å². The van der Waals surface area contributed by atoms with Crippen molar-refractivity contribution in [3.8, 4) is 0 Å². The van der Waals surface area contributed by atoms with Crippen molar-refractivity contribution in [2.75, 3.05) is 13.1 Å². The summed E-state index contributed by atoms with van der Waals surface area (Å²) in [6.07, 6.45) is 8.20. The van der Waals surface area contributed by atoms with E-state index in [1.165, 1.54) is 10.8 Å². The van der Waals surface area contributed by atoms with Gasteiger partial charge >= 0.3 is 0 Å². The number of hydrogen-bond donors (Lipinski definition) is 1. The number of aromatic nitrogens is 2. The van der Waals surface area contributed by atoms with Crippen LogP contribution in [-0.2, 0) is 20.6 Å². The van der Waals surface area contributed by atoms with Crippen LogP contribution < -0.4 is 4.72 Å². The van der Waals surface area contributed by atoms with E-state index < -0.39 is 11.0 Å². The summed E-state index contributed by atoms with van der Waals surface area (Å²) >= 11 is 0. The monoisotopic (exact) mass is 336 g/mol. The Hall–Kier alpha value is -1.96. The molecule has 2 amide bonds. The number of likely N-dealkylation sites (tertiary alicyclic amines) is 1. The molecule has 124 valence electrons. The quantitative estimate of drug-likeness (QED) is 0.888. The summed E-state index contributed by atoms with van der Waals surface area (Å²) < 4.78 is 15.6. The zero-order valence-electron chi connectivity index (χ0n) is 13.0. The maximum atomic E-state index is 11.9. The fourth-order valence-corrected chi connectivity index (χ4v) is 3.82. The molecule has 1 saturated heterocycles. The number of piperidine rings is 1. The molecule has 2 aliphatic rings. The minimum Gasteiger partial charge on any atom is -0.343 e. The molecular formula is C15H20N4O3S. The second kappa shape index (κ2) is 6.66. The van der Waals surface area contributed by atoms with E-state index >= 15 is 0 Å². The molecule has 1 aromatic rings. The van der Waals surface area contributed by atoms with Gasteiger partial charge in [-0.2, -0.15) is 5.10 Å². The number of nitrogens with zero attached hydrogens (tertiary/aromatic N) is 3. The lowest BCUT2D eigenvalue weighted by Crippen LogP contribution is -2.37. The van der Waals surface area contributed by atoms with Crippen LogP contribution in [0.1, 0.15) is 44.1 Å². The predicted octanol–water partition coefficient (Wildman–Crippen LogP) is 0.981. The smallest absolute Gasteiger partial charge is 0.258 e. The third-order valence-corrected chi connectivity index (χ3v) is 5.32. The first kappa shape index (κ1) is 15.9. The number of hydrogen-bond acceptors (Lipinski definition) is 4. The lowest BCUT2D eigenvalue weighted by molar-refractivity contribution is -0.132. The van der Waals surface area contributed by atoms with Gasteiger partial charge in [-0.1, -0.05) is 6.92 Å². The molecule has 1 aromatic heterocycles. The minimum atomic E-state index is -1.54. The fourth-order valence-electron chi connectivity index (χ4n) is 2.99. The Balaban J connectivity index is 1.64. The maximum Gasteiger partial charge on any atom is 0.258 e. The summed E-state index contributed by atoms with van der Waals surface area (Å²) in [6, 6.07) is 0. The molecule has 0 aliphatic carbocycles. The Bertz CT molecular complexity index is 674. The molecule has 3 rings (SSSR count). The molecular weight excluding hydrogens is 316 g/mol. The van der Waals surface area contributed by atoms with Crippen molar-refractivity contribution in [1.29, 1.82) is 0 Å². The zero-order valence-corrected chi connectivity index (χ0v) is 13.8. The molecule has 23 heavy (non-hydrogen) atoms. The molecule has 1 fully saturated rings. The zero-order chi connectivity index (χ0) is 16.4. The molecule has 0 spiro atoms. The number of amides is 2. The van der Waals surface area contributed by atoms with E-state index in [9.17, 15) is 13.8 Å². The lowest BCUT2D eigenvalue weighted by Gasteiger charge is -2.31. The second-order valence-electron chi connectivity index (χ2n) is 5.84. The van der Waals surface area contributed by atoms with E-state index in [2.05, 4.69) is 9.82 Å². The predicted molar refractivity (Wildman–Crippen MR) is 86.2 cm³/mol. The number of nitrogens with one attached hydrogen (secondary N) is 1. The molecule has 0 bridgehead atoms. The lowest BCUT2D eigenvalue weighted by atomic mass is 9.91. The van der Waals surface area contributed by atoms with E-state index in [0.717, 1.165) is 37.9 Å². The second-order valence-corrected chi connectivity index (χ2v) is 7.00. The van der Waals surface area contributed by atoms with E-state index in [-0.39, 0.29) is 11.8 Å². The van der Waals surface area contributed by atoms with Crippen LogP contribution in [-0.4, -0.2) is 43.8 Å². The SMILES string of the molecule is CCCC(=O)N1CCC(c2cnn(C3=CC(=O)NS3=O)c2)CC1. The topological polar surface area (TPSA) is 84.3 Å². The van der Waals surface area contributed by atoms with E-state index in [0.29, 0.717) is 17.4 Å². The highest BCUT2D eigenvalue weighted by atomic mass is 32.2. The average molecular weight is 336 g/mol. The Morgan fingerprint density at radius 2 is 2.17 bits per heavy atom. The van der Waals surface area contributed by atoms with Gasteiger partial charge in [0.25, 0.3) is 5.91 Å². The van der Waals surface area contributed by atoms with Crippen molar-refractivity contribution in [3.05, 3.63) is 24.0 Å². The van der Waals surface area contributed by atoms with Gasteiger partial charge in [0.1, 0.15) is 0 Å². The highest BCUT2D eigenvalue weighted by Crippen LogP contribution is 2.29. The summed E-state index contributed by atoms with van der Waals surface area (Å²) in [5, 5.41) is 4.58. The summed E-state index contributed by atoms with van der Waals surface area (Å²) in [7, 11) is -1.54. The van der Waals surface area contributed by atoms with Crippen LogP contribution in [0.15, 0.2) is 18.5 Å². The van der Waals surface area contributed by atoms with Gasteiger partial charge in [-0.05, 0) is 30.7 Å². The Labute approximate surface area is 137 Å². The highest BCUT2D eigenvalue weighted by Gasteiger charge is 2.26. The van der Waals surface area contributed by atoms with Crippen molar-refractivity contribution in [3.63, 3.8) is 0 Å². The van der Waals surface area contributed by atoms with Gasteiger partial charge in [0.15, 0.2) is 16.0 Å². The molecule has 1 unspecified atom stereocenters. The largest absolute Gasteiger partial charge is 0.343 e.